The quantitative estimate of drug-likeness (QED) is 0.335. The van der Waals surface area contributed by atoms with Gasteiger partial charge in [0.25, 0.3) is 5.91 Å². The third-order valence-electron chi connectivity index (χ3n) is 5.29. The number of rotatable bonds is 9. The molecule has 4 rings (SSSR count). The van der Waals surface area contributed by atoms with E-state index in [0.29, 0.717) is 5.69 Å². The minimum atomic E-state index is -1.13. The molecule has 0 saturated heterocycles. The van der Waals surface area contributed by atoms with Gasteiger partial charge < -0.3 is 19.9 Å². The highest BCUT2D eigenvalue weighted by Crippen LogP contribution is 2.34. The van der Waals surface area contributed by atoms with E-state index < -0.39 is 18.5 Å². The minimum absolute atomic E-state index is 0.194. The van der Waals surface area contributed by atoms with Gasteiger partial charge >= 0.3 is 5.97 Å². The number of Topliss-reactive ketones (excluding diaryl/α,β-unsaturated/α-hetero) is 1. The van der Waals surface area contributed by atoms with Crippen molar-refractivity contribution in [3.8, 4) is 22.8 Å². The predicted molar refractivity (Wildman–Crippen MR) is 133 cm³/mol. The molecule has 9 heteroatoms. The molecule has 1 amide bonds. The first-order valence-corrected chi connectivity index (χ1v) is 11.5. The number of carboxylic acid groups (broad SMARTS) is 1. The molecule has 0 spiro atoms. The lowest BCUT2D eigenvalue weighted by Crippen LogP contribution is -2.30. The van der Waals surface area contributed by atoms with Crippen LogP contribution >= 0.6 is 11.3 Å². The van der Waals surface area contributed by atoms with Gasteiger partial charge in [0.1, 0.15) is 5.69 Å². The fourth-order valence-electron chi connectivity index (χ4n) is 3.56. The Morgan fingerprint density at radius 2 is 1.86 bits per heavy atom. The topological polar surface area (TPSA) is 115 Å². The van der Waals surface area contributed by atoms with Gasteiger partial charge in [-0.25, -0.2) is 9.78 Å². The number of aliphatic carboxylic acids is 1. The molecule has 4 aromatic rings. The van der Waals surface area contributed by atoms with E-state index in [1.165, 1.54) is 35.6 Å². The normalized spacial score (nSPS) is 10.7. The van der Waals surface area contributed by atoms with Gasteiger partial charge in [-0.2, -0.15) is 0 Å². The molecular formula is C26H22N2O6S. The van der Waals surface area contributed by atoms with E-state index in [9.17, 15) is 14.4 Å². The summed E-state index contributed by atoms with van der Waals surface area (Å²) in [6.07, 6.45) is 0. The Hall–Kier alpha value is -4.24. The van der Waals surface area contributed by atoms with Crippen molar-refractivity contribution in [2.45, 2.75) is 6.92 Å². The minimum Gasteiger partial charge on any atom is -0.493 e. The van der Waals surface area contributed by atoms with E-state index in [2.05, 4.69) is 23.3 Å². The van der Waals surface area contributed by atoms with E-state index in [0.717, 1.165) is 10.9 Å². The number of ether oxygens (including phenoxy) is 2. The van der Waals surface area contributed by atoms with E-state index in [4.69, 9.17) is 14.6 Å². The van der Waals surface area contributed by atoms with E-state index in [1.807, 2.05) is 23.6 Å². The molecule has 2 aromatic carbocycles. The van der Waals surface area contributed by atoms with Crippen molar-refractivity contribution in [3.05, 3.63) is 76.8 Å². The van der Waals surface area contributed by atoms with Crippen molar-refractivity contribution < 1.29 is 29.0 Å². The lowest BCUT2D eigenvalue weighted by Gasteiger charge is -2.11. The molecule has 0 aliphatic rings. The van der Waals surface area contributed by atoms with Gasteiger partial charge in [0.15, 0.2) is 23.9 Å². The molecule has 0 aliphatic heterocycles. The largest absolute Gasteiger partial charge is 0.493 e. The van der Waals surface area contributed by atoms with Gasteiger partial charge in [-0.05, 0) is 42.8 Å². The van der Waals surface area contributed by atoms with Crippen LogP contribution in [0.1, 0.15) is 26.4 Å². The van der Waals surface area contributed by atoms with Crippen molar-refractivity contribution in [2.24, 2.45) is 0 Å². The molecule has 0 fully saturated rings. The summed E-state index contributed by atoms with van der Waals surface area (Å²) >= 11 is 1.64. The fraction of sp³-hybridized carbons (Fsp3) is 0.154. The van der Waals surface area contributed by atoms with Gasteiger partial charge in [0.2, 0.25) is 0 Å². The molecule has 35 heavy (non-hydrogen) atoms. The SMILES string of the molecule is COc1cc(C(=O)NCC(=O)c2cccc(-c3csc4c(C)cccc34)n2)ccc1OCC(=O)O. The molecule has 0 bridgehead atoms. The lowest BCUT2D eigenvalue weighted by atomic mass is 10.1. The first-order chi connectivity index (χ1) is 16.9. The van der Waals surface area contributed by atoms with Crippen LogP contribution in [0.25, 0.3) is 21.3 Å². The monoisotopic (exact) mass is 490 g/mol. The average Bonchev–Trinajstić information content (AvgIpc) is 3.31. The van der Waals surface area contributed by atoms with Crippen molar-refractivity contribution in [1.29, 1.82) is 0 Å². The number of carbonyl (C=O) groups is 3. The summed E-state index contributed by atoms with van der Waals surface area (Å²) in [5, 5.41) is 14.5. The zero-order valence-corrected chi connectivity index (χ0v) is 19.8. The Balaban J connectivity index is 1.46. The standard InChI is InChI=1S/C26H22N2O6S/c1-15-5-3-6-17-18(14-35-25(15)17)19-7-4-8-20(28-19)21(29)12-27-26(32)16-9-10-22(23(11-16)33-2)34-13-24(30)31/h3-11,14H,12-13H2,1-2H3,(H,27,32)(H,30,31). The predicted octanol–water partition coefficient (Wildman–Crippen LogP) is 4.36. The molecular weight excluding hydrogens is 468 g/mol. The van der Waals surface area contributed by atoms with Crippen LogP contribution in [0, 0.1) is 6.92 Å². The van der Waals surface area contributed by atoms with Crippen LogP contribution in [-0.2, 0) is 4.79 Å². The van der Waals surface area contributed by atoms with E-state index in [1.54, 1.807) is 23.5 Å². The number of methoxy groups -OCH3 is 1. The number of thiophene rings is 1. The zero-order valence-electron chi connectivity index (χ0n) is 19.0. The summed E-state index contributed by atoms with van der Waals surface area (Å²) in [5.41, 5.74) is 3.33. The summed E-state index contributed by atoms with van der Waals surface area (Å²) < 4.78 is 11.5. The number of aryl methyl sites for hydroxylation is 1. The number of hydrogen-bond acceptors (Lipinski definition) is 7. The molecule has 0 saturated carbocycles. The maximum atomic E-state index is 12.8. The number of fused-ring (bicyclic) bond motifs is 1. The Morgan fingerprint density at radius 3 is 2.63 bits per heavy atom. The zero-order chi connectivity index (χ0) is 24.9. The molecule has 2 aromatic heterocycles. The molecule has 8 nitrogen and oxygen atoms in total. The van der Waals surface area contributed by atoms with Gasteiger partial charge in [-0.1, -0.05) is 24.3 Å². The highest BCUT2D eigenvalue weighted by atomic mass is 32.1. The van der Waals surface area contributed by atoms with E-state index in [-0.39, 0.29) is 35.1 Å². The van der Waals surface area contributed by atoms with Gasteiger partial charge in [0, 0.05) is 26.6 Å². The highest BCUT2D eigenvalue weighted by Gasteiger charge is 2.16. The number of benzene rings is 2. The van der Waals surface area contributed by atoms with Crippen molar-refractivity contribution in [3.63, 3.8) is 0 Å². The smallest absolute Gasteiger partial charge is 0.341 e. The summed E-state index contributed by atoms with van der Waals surface area (Å²) in [6.45, 7) is 1.28. The van der Waals surface area contributed by atoms with Crippen LogP contribution in [0.15, 0.2) is 60.0 Å². The first-order valence-electron chi connectivity index (χ1n) is 10.7. The average molecular weight is 491 g/mol. The summed E-state index contributed by atoms with van der Waals surface area (Å²) in [4.78, 5) is 40.6. The Labute approximate surface area is 205 Å². The van der Waals surface area contributed by atoms with E-state index >= 15 is 0 Å². The maximum absolute atomic E-state index is 12.8. The van der Waals surface area contributed by atoms with Gasteiger partial charge in [0.05, 0.1) is 19.3 Å². The van der Waals surface area contributed by atoms with Crippen LogP contribution in [-0.4, -0.2) is 48.0 Å². The Kier molecular flexibility index (Phi) is 7.07. The van der Waals surface area contributed by atoms with Crippen molar-refractivity contribution in [1.82, 2.24) is 10.3 Å². The molecule has 2 heterocycles. The Bertz CT molecular complexity index is 1430. The summed E-state index contributed by atoms with van der Waals surface area (Å²) in [6, 6.07) is 15.7. The van der Waals surface area contributed by atoms with Crippen LogP contribution in [0.2, 0.25) is 0 Å². The molecule has 0 unspecified atom stereocenters. The molecule has 2 N–H and O–H groups in total. The van der Waals surface area contributed by atoms with Gasteiger partial charge in [-0.3, -0.25) is 9.59 Å². The number of carbonyl (C=O) groups excluding carboxylic acids is 2. The van der Waals surface area contributed by atoms with Crippen LogP contribution in [0.4, 0.5) is 0 Å². The third-order valence-corrected chi connectivity index (χ3v) is 6.43. The number of carboxylic acids is 1. The number of ketones is 1. The number of amides is 1. The molecule has 0 radical (unpaired) electrons. The molecule has 178 valence electrons. The second kappa shape index (κ2) is 10.4. The second-order valence-corrected chi connectivity index (χ2v) is 8.54. The second-order valence-electron chi connectivity index (χ2n) is 7.66. The van der Waals surface area contributed by atoms with Crippen LogP contribution in [0.3, 0.4) is 0 Å². The number of pyridine rings is 1. The maximum Gasteiger partial charge on any atom is 0.341 e. The van der Waals surface area contributed by atoms with Crippen LogP contribution < -0.4 is 14.8 Å². The number of nitrogens with one attached hydrogen (secondary N) is 1. The number of nitrogens with zero attached hydrogens (tertiary/aromatic N) is 1. The molecule has 0 atom stereocenters. The van der Waals surface area contributed by atoms with Gasteiger partial charge in [-0.15, -0.1) is 11.3 Å². The Morgan fingerprint density at radius 1 is 1.06 bits per heavy atom. The lowest BCUT2D eigenvalue weighted by molar-refractivity contribution is -0.139. The summed E-state index contributed by atoms with van der Waals surface area (Å²) in [7, 11) is 1.38. The third kappa shape index (κ3) is 5.30. The molecule has 0 aliphatic carbocycles. The summed E-state index contributed by atoms with van der Waals surface area (Å²) in [5.74, 6) is -1.55. The number of hydrogen-bond donors (Lipinski definition) is 2. The van der Waals surface area contributed by atoms with Crippen molar-refractivity contribution >= 4 is 39.1 Å². The van der Waals surface area contributed by atoms with Crippen molar-refractivity contribution in [2.75, 3.05) is 20.3 Å². The first kappa shape index (κ1) is 23.9. The van der Waals surface area contributed by atoms with Crippen LogP contribution in [0.5, 0.6) is 11.5 Å². The highest BCUT2D eigenvalue weighted by molar-refractivity contribution is 7.18. The fourth-order valence-corrected chi connectivity index (χ4v) is 4.60. The number of aromatic nitrogens is 1.